The molecule has 1 aromatic heterocycles. The van der Waals surface area contributed by atoms with Crippen LogP contribution in [0.15, 0.2) is 30.3 Å². The molecule has 150 valence electrons. The first kappa shape index (κ1) is 20.5. The quantitative estimate of drug-likeness (QED) is 0.778. The van der Waals surface area contributed by atoms with Gasteiger partial charge in [0.1, 0.15) is 12.6 Å². The Morgan fingerprint density at radius 3 is 2.82 bits per heavy atom. The number of nitrogens with one attached hydrogen (secondary N) is 2. The Kier molecular flexibility index (Phi) is 6.80. The minimum Gasteiger partial charge on any atom is -0.374 e. The predicted octanol–water partition coefficient (Wildman–Crippen LogP) is 2.91. The lowest BCUT2D eigenvalue weighted by Crippen LogP contribution is -2.52. The molecule has 2 aromatic rings. The van der Waals surface area contributed by atoms with Crippen molar-refractivity contribution in [2.75, 3.05) is 13.2 Å². The van der Waals surface area contributed by atoms with Crippen molar-refractivity contribution in [1.82, 2.24) is 10.6 Å². The van der Waals surface area contributed by atoms with Crippen LogP contribution in [0.25, 0.3) is 10.1 Å². The van der Waals surface area contributed by atoms with Gasteiger partial charge in [-0.15, -0.1) is 11.3 Å². The maximum atomic E-state index is 12.8. The Morgan fingerprint density at radius 1 is 1.29 bits per heavy atom. The SMILES string of the molecule is CC(C)C[C@@H](NC(=O)c1cc2ccccc2s1)C(=O)N[C@@H]1CCCOCC1=O. The molecule has 2 atom stereocenters. The molecule has 2 N–H and O–H groups in total. The van der Waals surface area contributed by atoms with Crippen LogP contribution in [0.5, 0.6) is 0 Å². The third-order valence-electron chi connectivity index (χ3n) is 4.71. The zero-order valence-corrected chi connectivity index (χ0v) is 17.0. The van der Waals surface area contributed by atoms with Crippen LogP contribution in [-0.4, -0.2) is 42.9 Å². The van der Waals surface area contributed by atoms with Crippen LogP contribution in [0, 0.1) is 5.92 Å². The van der Waals surface area contributed by atoms with Crippen molar-refractivity contribution >= 4 is 39.0 Å². The fourth-order valence-electron chi connectivity index (χ4n) is 3.27. The summed E-state index contributed by atoms with van der Waals surface area (Å²) in [7, 11) is 0. The highest BCUT2D eigenvalue weighted by Crippen LogP contribution is 2.25. The average molecular weight is 403 g/mol. The lowest BCUT2D eigenvalue weighted by molar-refractivity contribution is -0.130. The molecule has 2 amide bonds. The van der Waals surface area contributed by atoms with Gasteiger partial charge in [0, 0.05) is 11.3 Å². The van der Waals surface area contributed by atoms with E-state index in [1.54, 1.807) is 0 Å². The summed E-state index contributed by atoms with van der Waals surface area (Å²) in [6, 6.07) is 8.39. The van der Waals surface area contributed by atoms with E-state index in [9.17, 15) is 14.4 Å². The molecule has 0 saturated carbocycles. The fraction of sp³-hybridized carbons (Fsp3) is 0.476. The standard InChI is InChI=1S/C21H26N2O4S/c1-13(2)10-16(20(25)22-15-7-5-9-27-12-17(15)24)23-21(26)19-11-14-6-3-4-8-18(14)28-19/h3-4,6,8,11,13,15-16H,5,7,9-10,12H2,1-2H3,(H,22,25)(H,23,26)/t15-,16-/m1/s1. The van der Waals surface area contributed by atoms with Crippen molar-refractivity contribution in [3.63, 3.8) is 0 Å². The van der Waals surface area contributed by atoms with E-state index in [2.05, 4.69) is 10.6 Å². The number of Topliss-reactive ketones (excluding diaryl/α,β-unsaturated/α-hetero) is 1. The summed E-state index contributed by atoms with van der Waals surface area (Å²) in [5.74, 6) is -0.488. The number of carbonyl (C=O) groups excluding carboxylic acids is 3. The third kappa shape index (κ3) is 5.17. The van der Waals surface area contributed by atoms with Crippen molar-refractivity contribution in [3.8, 4) is 0 Å². The number of fused-ring (bicyclic) bond motifs is 1. The molecule has 0 aliphatic carbocycles. The molecule has 3 rings (SSSR count). The smallest absolute Gasteiger partial charge is 0.262 e. The molecule has 0 bridgehead atoms. The van der Waals surface area contributed by atoms with E-state index < -0.39 is 12.1 Å². The highest BCUT2D eigenvalue weighted by atomic mass is 32.1. The summed E-state index contributed by atoms with van der Waals surface area (Å²) in [5.41, 5.74) is 0. The molecular formula is C21H26N2O4S. The summed E-state index contributed by atoms with van der Waals surface area (Å²) < 4.78 is 6.25. The zero-order chi connectivity index (χ0) is 20.1. The second-order valence-electron chi connectivity index (χ2n) is 7.53. The Morgan fingerprint density at radius 2 is 2.07 bits per heavy atom. The van der Waals surface area contributed by atoms with Gasteiger partial charge in [-0.1, -0.05) is 32.0 Å². The summed E-state index contributed by atoms with van der Waals surface area (Å²) >= 11 is 1.40. The minimum absolute atomic E-state index is 0.0218. The van der Waals surface area contributed by atoms with Crippen LogP contribution in [0.3, 0.4) is 0 Å². The van der Waals surface area contributed by atoms with Gasteiger partial charge in [-0.3, -0.25) is 14.4 Å². The number of rotatable bonds is 6. The lowest BCUT2D eigenvalue weighted by atomic mass is 10.0. The molecule has 0 unspecified atom stereocenters. The van der Waals surface area contributed by atoms with Crippen LogP contribution in [-0.2, 0) is 14.3 Å². The second-order valence-corrected chi connectivity index (χ2v) is 8.61. The van der Waals surface area contributed by atoms with E-state index in [0.29, 0.717) is 24.3 Å². The zero-order valence-electron chi connectivity index (χ0n) is 16.2. The summed E-state index contributed by atoms with van der Waals surface area (Å²) in [5, 5.41) is 6.69. The Hall–Kier alpha value is -2.25. The monoisotopic (exact) mass is 402 g/mol. The van der Waals surface area contributed by atoms with Gasteiger partial charge in [0.05, 0.1) is 10.9 Å². The predicted molar refractivity (Wildman–Crippen MR) is 110 cm³/mol. The summed E-state index contributed by atoms with van der Waals surface area (Å²) in [6.45, 7) is 4.54. The highest BCUT2D eigenvalue weighted by Gasteiger charge is 2.28. The van der Waals surface area contributed by atoms with Gasteiger partial charge >= 0.3 is 0 Å². The first-order valence-electron chi connectivity index (χ1n) is 9.64. The molecule has 1 aromatic carbocycles. The van der Waals surface area contributed by atoms with Gasteiger partial charge in [0.2, 0.25) is 5.91 Å². The van der Waals surface area contributed by atoms with E-state index in [1.807, 2.05) is 44.2 Å². The van der Waals surface area contributed by atoms with E-state index in [1.165, 1.54) is 11.3 Å². The number of amides is 2. The molecule has 1 aliphatic heterocycles. The van der Waals surface area contributed by atoms with Crippen molar-refractivity contribution < 1.29 is 19.1 Å². The van der Waals surface area contributed by atoms with Gasteiger partial charge in [-0.2, -0.15) is 0 Å². The van der Waals surface area contributed by atoms with Crippen LogP contribution in [0.1, 0.15) is 42.8 Å². The van der Waals surface area contributed by atoms with E-state index >= 15 is 0 Å². The van der Waals surface area contributed by atoms with Crippen molar-refractivity contribution in [1.29, 1.82) is 0 Å². The Bertz CT molecular complexity index is 828. The van der Waals surface area contributed by atoms with Crippen LogP contribution >= 0.6 is 11.3 Å². The van der Waals surface area contributed by atoms with E-state index in [-0.39, 0.29) is 30.1 Å². The highest BCUT2D eigenvalue weighted by molar-refractivity contribution is 7.20. The van der Waals surface area contributed by atoms with E-state index in [0.717, 1.165) is 16.5 Å². The van der Waals surface area contributed by atoms with Crippen LogP contribution in [0.2, 0.25) is 0 Å². The fourth-order valence-corrected chi connectivity index (χ4v) is 4.24. The molecule has 2 heterocycles. The van der Waals surface area contributed by atoms with Crippen LogP contribution in [0.4, 0.5) is 0 Å². The van der Waals surface area contributed by atoms with Gasteiger partial charge < -0.3 is 15.4 Å². The molecule has 28 heavy (non-hydrogen) atoms. The average Bonchev–Trinajstić information content (AvgIpc) is 3.00. The number of hydrogen-bond donors (Lipinski definition) is 2. The maximum absolute atomic E-state index is 12.8. The van der Waals surface area contributed by atoms with Crippen molar-refractivity contribution in [2.45, 2.75) is 45.2 Å². The number of hydrogen-bond acceptors (Lipinski definition) is 5. The summed E-state index contributed by atoms with van der Waals surface area (Å²) in [4.78, 5) is 38.3. The molecule has 0 radical (unpaired) electrons. The Balaban J connectivity index is 1.70. The molecule has 0 spiro atoms. The number of carbonyl (C=O) groups is 3. The van der Waals surface area contributed by atoms with E-state index in [4.69, 9.17) is 4.74 Å². The van der Waals surface area contributed by atoms with Crippen LogP contribution < -0.4 is 10.6 Å². The van der Waals surface area contributed by atoms with Gasteiger partial charge in [0.15, 0.2) is 5.78 Å². The lowest BCUT2D eigenvalue weighted by Gasteiger charge is -2.23. The largest absolute Gasteiger partial charge is 0.374 e. The van der Waals surface area contributed by atoms with Gasteiger partial charge in [-0.25, -0.2) is 0 Å². The molecular weight excluding hydrogens is 376 g/mol. The number of benzene rings is 1. The number of ether oxygens (including phenoxy) is 1. The second kappa shape index (κ2) is 9.30. The molecule has 7 heteroatoms. The topological polar surface area (TPSA) is 84.5 Å². The van der Waals surface area contributed by atoms with Gasteiger partial charge in [-0.05, 0) is 42.7 Å². The minimum atomic E-state index is -0.685. The third-order valence-corrected chi connectivity index (χ3v) is 5.82. The number of thiophene rings is 1. The molecule has 1 fully saturated rings. The molecule has 1 saturated heterocycles. The van der Waals surface area contributed by atoms with Crippen molar-refractivity contribution in [2.24, 2.45) is 5.92 Å². The number of ketones is 1. The van der Waals surface area contributed by atoms with Crippen molar-refractivity contribution in [3.05, 3.63) is 35.2 Å². The van der Waals surface area contributed by atoms with Gasteiger partial charge in [0.25, 0.3) is 5.91 Å². The molecule has 6 nitrogen and oxygen atoms in total. The maximum Gasteiger partial charge on any atom is 0.262 e. The normalized spacial score (nSPS) is 18.7. The molecule has 1 aliphatic rings. The first-order chi connectivity index (χ1) is 13.4. The summed E-state index contributed by atoms with van der Waals surface area (Å²) in [6.07, 6.45) is 1.78. The Labute approximate surface area is 168 Å². The first-order valence-corrected chi connectivity index (χ1v) is 10.5.